The molecule has 6 heteroatoms. The predicted octanol–water partition coefficient (Wildman–Crippen LogP) is 2.66. The van der Waals surface area contributed by atoms with Crippen LogP contribution in [0.25, 0.3) is 0 Å². The van der Waals surface area contributed by atoms with Crippen molar-refractivity contribution in [1.82, 2.24) is 0 Å². The monoisotopic (exact) mass is 320 g/mol. The van der Waals surface area contributed by atoms with Gasteiger partial charge in [0.1, 0.15) is 0 Å². The molecule has 5 nitrogen and oxygen atoms in total. The predicted molar refractivity (Wildman–Crippen MR) is 90.2 cm³/mol. The van der Waals surface area contributed by atoms with E-state index in [9.17, 15) is 0 Å². The van der Waals surface area contributed by atoms with Gasteiger partial charge in [0.15, 0.2) is 0 Å². The maximum Gasteiger partial charge on any atom is 0.500 e. The van der Waals surface area contributed by atoms with E-state index in [0.29, 0.717) is 26.4 Å². The molecular formula is C15H36N2O3Si. The molecule has 0 aliphatic heterocycles. The van der Waals surface area contributed by atoms with Gasteiger partial charge in [-0.25, -0.2) is 0 Å². The summed E-state index contributed by atoms with van der Waals surface area (Å²) in [7, 11) is -2.43. The summed E-state index contributed by atoms with van der Waals surface area (Å²) < 4.78 is 17.5. The van der Waals surface area contributed by atoms with Gasteiger partial charge in [-0.1, -0.05) is 19.3 Å². The van der Waals surface area contributed by atoms with Gasteiger partial charge in [-0.3, -0.25) is 0 Å². The maximum atomic E-state index is 5.95. The first kappa shape index (κ1) is 21.0. The average Bonchev–Trinajstić information content (AvgIpc) is 2.44. The van der Waals surface area contributed by atoms with Crippen molar-refractivity contribution >= 4 is 8.80 Å². The Labute approximate surface area is 132 Å². The molecular weight excluding hydrogens is 284 g/mol. The lowest BCUT2D eigenvalue weighted by molar-refractivity contribution is 0.0706. The van der Waals surface area contributed by atoms with E-state index >= 15 is 0 Å². The van der Waals surface area contributed by atoms with Crippen molar-refractivity contribution in [2.45, 2.75) is 71.4 Å². The van der Waals surface area contributed by atoms with Crippen LogP contribution in [-0.4, -0.2) is 41.2 Å². The van der Waals surface area contributed by atoms with Crippen molar-refractivity contribution < 1.29 is 13.3 Å². The van der Waals surface area contributed by atoms with Gasteiger partial charge in [0.25, 0.3) is 0 Å². The molecule has 0 amide bonds. The first-order valence-corrected chi connectivity index (χ1v) is 10.4. The van der Waals surface area contributed by atoms with Crippen LogP contribution in [0.3, 0.4) is 0 Å². The van der Waals surface area contributed by atoms with Gasteiger partial charge >= 0.3 is 8.80 Å². The lowest BCUT2D eigenvalue weighted by Gasteiger charge is -2.28. The Morgan fingerprint density at radius 3 is 1.81 bits per heavy atom. The van der Waals surface area contributed by atoms with Crippen LogP contribution in [0.1, 0.15) is 59.3 Å². The highest BCUT2D eigenvalue weighted by atomic mass is 28.4. The first-order valence-electron chi connectivity index (χ1n) is 8.51. The smallest absolute Gasteiger partial charge is 0.374 e. The lowest BCUT2D eigenvalue weighted by Crippen LogP contribution is -2.45. The van der Waals surface area contributed by atoms with Gasteiger partial charge < -0.3 is 24.7 Å². The minimum Gasteiger partial charge on any atom is -0.374 e. The van der Waals surface area contributed by atoms with Crippen LogP contribution in [-0.2, 0) is 13.3 Å². The molecule has 0 saturated carbocycles. The summed E-state index contributed by atoms with van der Waals surface area (Å²) in [5.41, 5.74) is 11.5. The molecule has 0 aromatic carbocycles. The van der Waals surface area contributed by atoms with Crippen LogP contribution in [0, 0.1) is 0 Å². The van der Waals surface area contributed by atoms with E-state index in [2.05, 4.69) is 0 Å². The van der Waals surface area contributed by atoms with Gasteiger partial charge in [0.05, 0.1) is 0 Å². The van der Waals surface area contributed by atoms with Gasteiger partial charge in [-0.15, -0.1) is 0 Å². The standard InChI is InChI=1S/C15H36N2O3Si/c1-4-18-21(19-5-2,20-6-3)14-10-8-7-9-11-15(17)12-13-16/h15H,4-14,16-17H2,1-3H3. The summed E-state index contributed by atoms with van der Waals surface area (Å²) in [5.74, 6) is 0. The zero-order chi connectivity index (χ0) is 16.0. The quantitative estimate of drug-likeness (QED) is 0.358. The van der Waals surface area contributed by atoms with Crippen LogP contribution in [0.4, 0.5) is 0 Å². The van der Waals surface area contributed by atoms with E-state index in [1.165, 1.54) is 19.3 Å². The molecule has 128 valence electrons. The van der Waals surface area contributed by atoms with E-state index in [-0.39, 0.29) is 6.04 Å². The van der Waals surface area contributed by atoms with Crippen LogP contribution in [0.2, 0.25) is 6.04 Å². The highest BCUT2D eigenvalue weighted by molar-refractivity contribution is 6.60. The first-order chi connectivity index (χ1) is 10.1. The van der Waals surface area contributed by atoms with Crippen molar-refractivity contribution in [2.75, 3.05) is 26.4 Å². The highest BCUT2D eigenvalue weighted by Gasteiger charge is 2.39. The molecule has 0 bridgehead atoms. The molecule has 0 radical (unpaired) electrons. The molecule has 0 aromatic rings. The van der Waals surface area contributed by atoms with Gasteiger partial charge in [-0.2, -0.15) is 0 Å². The summed E-state index contributed by atoms with van der Waals surface area (Å²) in [6.07, 6.45) is 6.65. The van der Waals surface area contributed by atoms with E-state index in [1.54, 1.807) is 0 Å². The molecule has 0 aliphatic rings. The molecule has 1 atom stereocenters. The third-order valence-electron chi connectivity index (χ3n) is 3.44. The second-order valence-electron chi connectivity index (χ2n) is 5.27. The summed E-state index contributed by atoms with van der Waals surface area (Å²) in [4.78, 5) is 0. The average molecular weight is 321 g/mol. The Kier molecular flexibility index (Phi) is 13.7. The topological polar surface area (TPSA) is 79.7 Å². The van der Waals surface area contributed by atoms with Crippen LogP contribution >= 0.6 is 0 Å². The fourth-order valence-electron chi connectivity index (χ4n) is 2.46. The van der Waals surface area contributed by atoms with Crippen molar-refractivity contribution in [2.24, 2.45) is 11.5 Å². The van der Waals surface area contributed by atoms with Crippen molar-refractivity contribution in [3.8, 4) is 0 Å². The molecule has 1 unspecified atom stereocenters. The van der Waals surface area contributed by atoms with E-state index < -0.39 is 8.80 Å². The van der Waals surface area contributed by atoms with Crippen LogP contribution < -0.4 is 11.5 Å². The van der Waals surface area contributed by atoms with Crippen molar-refractivity contribution in [3.05, 3.63) is 0 Å². The third kappa shape index (κ3) is 10.4. The largest absolute Gasteiger partial charge is 0.500 e. The summed E-state index contributed by atoms with van der Waals surface area (Å²) in [6, 6.07) is 1.18. The van der Waals surface area contributed by atoms with E-state index in [1.807, 2.05) is 20.8 Å². The maximum absolute atomic E-state index is 5.95. The molecule has 0 saturated heterocycles. The zero-order valence-corrected chi connectivity index (χ0v) is 15.2. The molecule has 21 heavy (non-hydrogen) atoms. The van der Waals surface area contributed by atoms with E-state index in [4.69, 9.17) is 24.7 Å². The molecule has 0 rings (SSSR count). The lowest BCUT2D eigenvalue weighted by atomic mass is 10.1. The minimum absolute atomic E-state index is 0.263. The van der Waals surface area contributed by atoms with Gasteiger partial charge in [0.2, 0.25) is 0 Å². The Morgan fingerprint density at radius 1 is 0.810 bits per heavy atom. The Hall–Kier alpha value is 0.0169. The summed E-state index contributed by atoms with van der Waals surface area (Å²) in [6.45, 7) is 8.64. The fraction of sp³-hybridized carbons (Fsp3) is 1.00. The SMILES string of the molecule is CCO[Si](CCCCCCC(N)CCN)(OCC)OCC. The number of nitrogens with two attached hydrogens (primary N) is 2. The number of hydrogen-bond acceptors (Lipinski definition) is 5. The number of unbranched alkanes of at least 4 members (excludes halogenated alkanes) is 3. The molecule has 0 aliphatic carbocycles. The van der Waals surface area contributed by atoms with Gasteiger partial charge in [-0.05, 0) is 46.6 Å². The van der Waals surface area contributed by atoms with Crippen molar-refractivity contribution in [3.63, 3.8) is 0 Å². The molecule has 0 aromatic heterocycles. The molecule has 4 N–H and O–H groups in total. The molecule has 0 heterocycles. The zero-order valence-electron chi connectivity index (χ0n) is 14.2. The molecule has 0 fully saturated rings. The van der Waals surface area contributed by atoms with Crippen LogP contribution in [0.15, 0.2) is 0 Å². The third-order valence-corrected chi connectivity index (χ3v) is 6.59. The summed E-state index contributed by atoms with van der Waals surface area (Å²) >= 11 is 0. The Bertz CT molecular complexity index is 216. The van der Waals surface area contributed by atoms with Crippen molar-refractivity contribution in [1.29, 1.82) is 0 Å². The number of hydrogen-bond donors (Lipinski definition) is 2. The van der Waals surface area contributed by atoms with Crippen LogP contribution in [0.5, 0.6) is 0 Å². The highest BCUT2D eigenvalue weighted by Crippen LogP contribution is 2.20. The second kappa shape index (κ2) is 13.7. The van der Waals surface area contributed by atoms with Gasteiger partial charge in [0, 0.05) is 31.9 Å². The Balaban J connectivity index is 3.91. The normalized spacial score (nSPS) is 13.6. The minimum atomic E-state index is -2.43. The molecule has 0 spiro atoms. The Morgan fingerprint density at radius 2 is 1.33 bits per heavy atom. The summed E-state index contributed by atoms with van der Waals surface area (Å²) in [5, 5.41) is 0. The fourth-order valence-corrected chi connectivity index (χ4v) is 5.15. The number of rotatable bonds is 15. The second-order valence-corrected chi connectivity index (χ2v) is 8.00. The van der Waals surface area contributed by atoms with E-state index in [0.717, 1.165) is 25.3 Å².